The minimum absolute atomic E-state index is 1.84. The topological polar surface area (TPSA) is 71.4 Å². The van der Waals surface area contributed by atoms with Crippen molar-refractivity contribution in [3.63, 3.8) is 0 Å². The van der Waals surface area contributed by atoms with Gasteiger partial charge in [0.25, 0.3) is 19.0 Å². The van der Waals surface area contributed by atoms with Crippen molar-refractivity contribution in [2.45, 2.75) is 5.38 Å². The van der Waals surface area contributed by atoms with Crippen LogP contribution in [0.15, 0.2) is 0 Å². The highest BCUT2D eigenvalue weighted by molar-refractivity contribution is 8.62. The molecule has 1 N–H and O–H groups in total. The Morgan fingerprint density at radius 3 is 2.00 bits per heavy atom. The summed E-state index contributed by atoms with van der Waals surface area (Å²) in [6.07, 6.45) is 0. The lowest BCUT2D eigenvalue weighted by Gasteiger charge is -2.04. The van der Waals surface area contributed by atoms with Gasteiger partial charge in [-0.25, -0.2) is 12.6 Å². The van der Waals surface area contributed by atoms with Gasteiger partial charge in [0, 0.05) is 0 Å². The molecule has 0 aromatic carbocycles. The minimum Gasteiger partial charge on any atom is -0.294 e. The van der Waals surface area contributed by atoms with Crippen molar-refractivity contribution in [2.24, 2.45) is 0 Å². The van der Waals surface area contributed by atoms with Crippen molar-refractivity contribution in [1.82, 2.24) is 0 Å². The molecule has 0 aromatic heterocycles. The first-order valence-electron chi connectivity index (χ1n) is 2.06. The van der Waals surface area contributed by atoms with Crippen molar-refractivity contribution in [1.29, 1.82) is 0 Å². The molecule has 68 valence electrons. The van der Waals surface area contributed by atoms with Gasteiger partial charge in [-0.3, -0.25) is 4.55 Å². The van der Waals surface area contributed by atoms with Gasteiger partial charge >= 0.3 is 5.38 Å². The van der Waals surface area contributed by atoms with E-state index < -0.39 is 30.1 Å². The second-order valence-electron chi connectivity index (χ2n) is 1.53. The number of hydrogen-bond acceptors (Lipinski definition) is 3. The van der Waals surface area contributed by atoms with E-state index in [9.17, 15) is 21.4 Å². The summed E-state index contributed by atoms with van der Waals surface area (Å²) >= 11 is 4.20. The lowest BCUT2D eigenvalue weighted by Crippen LogP contribution is -2.24. The van der Waals surface area contributed by atoms with E-state index in [4.69, 9.17) is 4.55 Å². The van der Waals surface area contributed by atoms with Crippen LogP contribution in [0.1, 0.15) is 0 Å². The molecular formula is C2H3ClF2O4S2. The van der Waals surface area contributed by atoms with Gasteiger partial charge in [0.1, 0.15) is 5.75 Å². The average Bonchev–Trinajstić information content (AvgIpc) is 1.56. The summed E-state index contributed by atoms with van der Waals surface area (Å²) in [6.45, 7) is 0. The van der Waals surface area contributed by atoms with Gasteiger partial charge < -0.3 is 0 Å². The first kappa shape index (κ1) is 11.2. The highest BCUT2D eigenvalue weighted by Crippen LogP contribution is 2.21. The number of hydrogen-bond donors (Lipinski definition) is 1. The van der Waals surface area contributed by atoms with E-state index in [1.54, 1.807) is 0 Å². The molecule has 4 nitrogen and oxygen atoms in total. The summed E-state index contributed by atoms with van der Waals surface area (Å²) in [7, 11) is -8.02. The molecule has 0 aliphatic carbocycles. The maximum absolute atomic E-state index is 11.7. The summed E-state index contributed by atoms with van der Waals surface area (Å²) < 4.78 is 61.7. The van der Waals surface area contributed by atoms with E-state index in [1.807, 2.05) is 0 Å². The smallest absolute Gasteiger partial charge is 0.294 e. The summed E-state index contributed by atoms with van der Waals surface area (Å²) in [4.78, 5) is 0. The Morgan fingerprint density at radius 1 is 1.55 bits per heavy atom. The maximum atomic E-state index is 11.7. The van der Waals surface area contributed by atoms with E-state index in [-0.39, 0.29) is 0 Å². The fourth-order valence-corrected chi connectivity index (χ4v) is 2.12. The Balaban J connectivity index is 4.53. The summed E-state index contributed by atoms with van der Waals surface area (Å²) in [5.74, 6) is -1.84. The Kier molecular flexibility index (Phi) is 3.36. The van der Waals surface area contributed by atoms with Crippen molar-refractivity contribution in [2.75, 3.05) is 5.75 Å². The highest BCUT2D eigenvalue weighted by atomic mass is 35.5. The van der Waals surface area contributed by atoms with Crippen molar-refractivity contribution in [3.8, 4) is 0 Å². The number of alkyl halides is 3. The zero-order chi connectivity index (χ0) is 9.28. The van der Waals surface area contributed by atoms with Gasteiger partial charge in [-0.1, -0.05) is 0 Å². The zero-order valence-electron chi connectivity index (χ0n) is 4.83. The van der Waals surface area contributed by atoms with Crippen molar-refractivity contribution in [3.05, 3.63) is 0 Å². The van der Waals surface area contributed by atoms with Crippen LogP contribution >= 0.6 is 11.6 Å². The van der Waals surface area contributed by atoms with Crippen LogP contribution in [0.5, 0.6) is 0 Å². The predicted octanol–water partition coefficient (Wildman–Crippen LogP) is 0.370. The number of rotatable bonds is 3. The molecule has 0 amide bonds. The fraction of sp³-hybridized carbons (Fsp3) is 1.00. The largest absolute Gasteiger partial charge is 0.336 e. The molecule has 0 heterocycles. The van der Waals surface area contributed by atoms with Crippen LogP contribution < -0.4 is 0 Å². The van der Waals surface area contributed by atoms with E-state index in [0.29, 0.717) is 0 Å². The first-order chi connectivity index (χ1) is 4.65. The Labute approximate surface area is 68.1 Å². The zero-order valence-corrected chi connectivity index (χ0v) is 7.22. The van der Waals surface area contributed by atoms with Crippen LogP contribution in [0, 0.1) is 0 Å². The molecule has 0 rings (SSSR count). The van der Waals surface area contributed by atoms with E-state index in [2.05, 4.69) is 11.6 Å². The number of halogens is 3. The quantitative estimate of drug-likeness (QED) is 0.430. The Morgan fingerprint density at radius 2 is 1.91 bits per heavy atom. The second-order valence-corrected chi connectivity index (χ2v) is 6.30. The monoisotopic (exact) mass is 228 g/mol. The molecule has 0 aromatic rings. The van der Waals surface area contributed by atoms with E-state index in [1.165, 1.54) is 0 Å². The Bertz CT molecular complexity index is 254. The van der Waals surface area contributed by atoms with Crippen molar-refractivity contribution < 1.29 is 26.0 Å². The third-order valence-electron chi connectivity index (χ3n) is 0.558. The van der Waals surface area contributed by atoms with Crippen molar-refractivity contribution >= 4 is 30.6 Å². The van der Waals surface area contributed by atoms with Gasteiger partial charge in [-0.2, -0.15) is 8.78 Å². The molecular weight excluding hydrogens is 226 g/mol. The predicted molar refractivity (Wildman–Crippen MR) is 35.4 cm³/mol. The molecule has 0 saturated carbocycles. The van der Waals surface area contributed by atoms with Gasteiger partial charge in [0.05, 0.1) is 0 Å². The molecule has 0 aliphatic heterocycles. The summed E-state index contributed by atoms with van der Waals surface area (Å²) in [5.41, 5.74) is 0. The second kappa shape index (κ2) is 3.30. The van der Waals surface area contributed by atoms with Gasteiger partial charge in [0.15, 0.2) is 0 Å². The fourth-order valence-electron chi connectivity index (χ4n) is 0.251. The summed E-state index contributed by atoms with van der Waals surface area (Å²) in [5, 5.41) is -4.00. The van der Waals surface area contributed by atoms with E-state index in [0.717, 1.165) is 0 Å². The third-order valence-corrected chi connectivity index (χ3v) is 3.66. The maximum Gasteiger partial charge on any atom is 0.336 e. The van der Waals surface area contributed by atoms with Crippen LogP contribution in [-0.2, 0) is 19.0 Å². The van der Waals surface area contributed by atoms with Crippen LogP contribution in [0.4, 0.5) is 8.78 Å². The lowest BCUT2D eigenvalue weighted by molar-refractivity contribution is 0.123. The molecule has 11 heavy (non-hydrogen) atoms. The normalized spacial score (nSPS) is 16.4. The highest BCUT2D eigenvalue weighted by Gasteiger charge is 2.35. The first-order valence-corrected chi connectivity index (χ1v) is 5.71. The van der Waals surface area contributed by atoms with Crippen LogP contribution in [0.3, 0.4) is 0 Å². The Hall–Kier alpha value is 0.210. The van der Waals surface area contributed by atoms with Crippen LogP contribution in [-0.4, -0.2) is 28.3 Å². The molecule has 0 bridgehead atoms. The van der Waals surface area contributed by atoms with Crippen LogP contribution in [0.2, 0.25) is 0 Å². The average molecular weight is 229 g/mol. The molecule has 9 heteroatoms. The minimum atomic E-state index is -4.71. The lowest BCUT2D eigenvalue weighted by atomic mass is 10.8. The molecule has 0 fully saturated rings. The molecule has 0 saturated heterocycles. The third kappa shape index (κ3) is 4.62. The van der Waals surface area contributed by atoms with E-state index >= 15 is 0 Å². The van der Waals surface area contributed by atoms with Crippen LogP contribution in [0.25, 0.3) is 0 Å². The van der Waals surface area contributed by atoms with Gasteiger partial charge in [-0.15, -0.1) is 0 Å². The molecule has 1 unspecified atom stereocenters. The van der Waals surface area contributed by atoms with Gasteiger partial charge in [0.2, 0.25) is 0 Å². The summed E-state index contributed by atoms with van der Waals surface area (Å²) in [6, 6.07) is 0. The van der Waals surface area contributed by atoms with Gasteiger partial charge in [-0.05, 0) is 11.6 Å². The standard InChI is InChI=1S/C2H3ClF2O4S2/c3-2(4,5)1-11(8,9)10(6)7/h1H2,(H,6,7). The molecule has 0 radical (unpaired) electrons. The SMILES string of the molecule is O=S(O)S(=O)(=O)CC(F)(F)Cl. The molecule has 0 spiro atoms. The molecule has 0 aliphatic rings. The molecule has 1 atom stereocenters.